The van der Waals surface area contributed by atoms with Crippen molar-refractivity contribution in [1.29, 1.82) is 0 Å². The van der Waals surface area contributed by atoms with Gasteiger partial charge in [0.05, 0.1) is 0 Å². The van der Waals surface area contributed by atoms with Crippen molar-refractivity contribution in [3.8, 4) is 0 Å². The summed E-state index contributed by atoms with van der Waals surface area (Å²) in [5.41, 5.74) is -0.390. The predicted octanol–water partition coefficient (Wildman–Crippen LogP) is 1.35. The van der Waals surface area contributed by atoms with Gasteiger partial charge in [-0.2, -0.15) is 0 Å². The van der Waals surface area contributed by atoms with Gasteiger partial charge in [-0.15, -0.1) is 10.3 Å². The molecule has 4 nitrogen and oxygen atoms in total. The highest BCUT2D eigenvalue weighted by Crippen LogP contribution is 2.33. The Kier molecular flexibility index (Phi) is 3.41. The average Bonchev–Trinajstić information content (AvgIpc) is 2.10. The first kappa shape index (κ1) is 12.5. The van der Waals surface area contributed by atoms with Gasteiger partial charge in [-0.1, -0.05) is 6.92 Å². The molecule has 1 amide bonds. The van der Waals surface area contributed by atoms with Crippen LogP contribution in [0.3, 0.4) is 0 Å². The molecule has 3 atom stereocenters. The fourth-order valence-corrected chi connectivity index (χ4v) is 2.36. The number of rotatable bonds is 1. The Bertz CT molecular complexity index is 253. The minimum Gasteiger partial charge on any atom is -0.353 e. The van der Waals surface area contributed by atoms with E-state index in [0.29, 0.717) is 6.42 Å². The molecule has 0 saturated carbocycles. The molecular weight excluding hydrogens is 192 g/mol. The van der Waals surface area contributed by atoms with Crippen molar-refractivity contribution in [3.05, 3.63) is 0 Å². The van der Waals surface area contributed by atoms with E-state index in [1.54, 1.807) is 0 Å². The van der Waals surface area contributed by atoms with Crippen LogP contribution in [-0.4, -0.2) is 28.6 Å². The van der Waals surface area contributed by atoms with Gasteiger partial charge in [0.2, 0.25) is 5.91 Å². The number of hydroxylamine groups is 2. The Morgan fingerprint density at radius 3 is 2.40 bits per heavy atom. The van der Waals surface area contributed by atoms with Gasteiger partial charge in [-0.3, -0.25) is 4.79 Å². The summed E-state index contributed by atoms with van der Waals surface area (Å²) in [6.45, 7) is 9.32. The largest absolute Gasteiger partial charge is 0.353 e. The third kappa shape index (κ3) is 2.49. The molecule has 4 heteroatoms. The molecule has 0 aromatic heterocycles. The van der Waals surface area contributed by atoms with Crippen molar-refractivity contribution in [2.75, 3.05) is 0 Å². The molecule has 0 aromatic rings. The van der Waals surface area contributed by atoms with Gasteiger partial charge >= 0.3 is 0 Å². The maximum absolute atomic E-state index is 11.9. The van der Waals surface area contributed by atoms with Crippen LogP contribution < -0.4 is 5.32 Å². The molecule has 1 fully saturated rings. The third-order valence-electron chi connectivity index (χ3n) is 3.47. The van der Waals surface area contributed by atoms with Crippen LogP contribution in [0.2, 0.25) is 0 Å². The fraction of sp³-hybridized carbons (Fsp3) is 0.909. The number of carbonyl (C=O) groups excluding carboxylic acids is 1. The van der Waals surface area contributed by atoms with Gasteiger partial charge in [0.1, 0.15) is 0 Å². The van der Waals surface area contributed by atoms with Crippen LogP contribution in [0.25, 0.3) is 0 Å². The van der Waals surface area contributed by atoms with Crippen LogP contribution in [0.1, 0.15) is 41.0 Å². The zero-order valence-electron chi connectivity index (χ0n) is 10.2. The summed E-state index contributed by atoms with van der Waals surface area (Å²) in [6.07, 6.45) is 0.710. The zero-order chi connectivity index (χ0) is 11.8. The van der Waals surface area contributed by atoms with Gasteiger partial charge < -0.3 is 5.32 Å². The summed E-state index contributed by atoms with van der Waals surface area (Å²) >= 11 is 0. The third-order valence-corrected chi connectivity index (χ3v) is 3.47. The molecule has 1 aliphatic heterocycles. The smallest absolute Gasteiger partial charge is 0.217 e. The van der Waals surface area contributed by atoms with Gasteiger partial charge in [0.15, 0.2) is 0 Å². The molecule has 1 saturated heterocycles. The molecule has 1 aliphatic rings. The lowest BCUT2D eigenvalue weighted by atomic mass is 9.79. The molecule has 1 heterocycles. The second kappa shape index (κ2) is 4.10. The summed E-state index contributed by atoms with van der Waals surface area (Å²) < 4.78 is 0. The lowest BCUT2D eigenvalue weighted by Gasteiger charge is -2.47. The lowest BCUT2D eigenvalue weighted by molar-refractivity contribution is -0.269. The number of hydrogen-bond acceptors (Lipinski definition) is 2. The number of piperidine rings is 1. The highest BCUT2D eigenvalue weighted by Gasteiger charge is 2.43. The molecule has 0 bridgehead atoms. The van der Waals surface area contributed by atoms with Crippen LogP contribution in [0.5, 0.6) is 0 Å². The molecule has 0 aliphatic carbocycles. The predicted molar refractivity (Wildman–Crippen MR) is 57.5 cm³/mol. The fourth-order valence-electron chi connectivity index (χ4n) is 2.36. The van der Waals surface area contributed by atoms with E-state index >= 15 is 0 Å². The van der Waals surface area contributed by atoms with Gasteiger partial charge in [0.25, 0.3) is 0 Å². The van der Waals surface area contributed by atoms with Gasteiger partial charge in [-0.05, 0) is 33.1 Å². The van der Waals surface area contributed by atoms with Crippen molar-refractivity contribution < 1.29 is 10.0 Å². The number of amides is 1. The Balaban J connectivity index is 2.79. The number of nitrogens with one attached hydrogen (secondary N) is 1. The van der Waals surface area contributed by atoms with Crippen molar-refractivity contribution in [2.24, 2.45) is 5.92 Å². The summed E-state index contributed by atoms with van der Waals surface area (Å²) in [5.74, 6) is 0.175. The SMILES string of the molecule is CC(=O)NC1CC(C)(C)N([O])C(C)C1C. The van der Waals surface area contributed by atoms with E-state index in [9.17, 15) is 10.0 Å². The number of nitrogens with zero attached hydrogens (tertiary/aromatic N) is 1. The lowest BCUT2D eigenvalue weighted by Crippen LogP contribution is -2.61. The van der Waals surface area contributed by atoms with E-state index in [2.05, 4.69) is 5.32 Å². The Hall–Kier alpha value is -0.610. The molecule has 1 radical (unpaired) electrons. The first-order chi connectivity index (χ1) is 6.75. The highest BCUT2D eigenvalue weighted by atomic mass is 16.5. The summed E-state index contributed by atoms with van der Waals surface area (Å²) in [4.78, 5) is 11.1. The van der Waals surface area contributed by atoms with Crippen molar-refractivity contribution >= 4 is 5.91 Å². The standard InChI is InChI=1S/C11H21N2O2/c1-7-8(2)13(15)11(4,5)6-10(7)12-9(3)14/h7-8,10H,6H2,1-5H3,(H,12,14). The summed E-state index contributed by atoms with van der Waals surface area (Å²) in [7, 11) is 0. The maximum atomic E-state index is 11.9. The average molecular weight is 213 g/mol. The normalized spacial score (nSPS) is 36.3. The number of hydrogen-bond donors (Lipinski definition) is 1. The quantitative estimate of drug-likeness (QED) is 0.714. The van der Waals surface area contributed by atoms with Gasteiger partial charge in [0, 0.05) is 24.5 Å². The monoisotopic (exact) mass is 213 g/mol. The second-order valence-corrected chi connectivity index (χ2v) is 5.25. The molecule has 87 valence electrons. The van der Waals surface area contributed by atoms with E-state index in [1.807, 2.05) is 27.7 Å². The van der Waals surface area contributed by atoms with Crippen molar-refractivity contribution in [2.45, 2.75) is 58.7 Å². The van der Waals surface area contributed by atoms with E-state index in [-0.39, 0.29) is 29.4 Å². The second-order valence-electron chi connectivity index (χ2n) is 5.25. The minimum atomic E-state index is -0.390. The Morgan fingerprint density at radius 2 is 1.93 bits per heavy atom. The van der Waals surface area contributed by atoms with E-state index in [4.69, 9.17) is 0 Å². The first-order valence-corrected chi connectivity index (χ1v) is 5.49. The molecule has 0 aromatic carbocycles. The molecule has 1 N–H and O–H groups in total. The molecule has 0 spiro atoms. The maximum Gasteiger partial charge on any atom is 0.217 e. The first-order valence-electron chi connectivity index (χ1n) is 5.49. The van der Waals surface area contributed by atoms with Crippen LogP contribution in [0.4, 0.5) is 0 Å². The van der Waals surface area contributed by atoms with Crippen LogP contribution in [0.15, 0.2) is 0 Å². The molecular formula is C11H21N2O2. The zero-order valence-corrected chi connectivity index (χ0v) is 10.2. The minimum absolute atomic E-state index is 0.0193. The molecule has 1 rings (SSSR count). The van der Waals surface area contributed by atoms with Crippen LogP contribution in [-0.2, 0) is 10.0 Å². The van der Waals surface area contributed by atoms with E-state index in [0.717, 1.165) is 5.06 Å². The summed E-state index contributed by atoms with van der Waals surface area (Å²) in [6, 6.07) is 0.0586. The molecule has 15 heavy (non-hydrogen) atoms. The van der Waals surface area contributed by atoms with E-state index in [1.165, 1.54) is 6.92 Å². The van der Waals surface area contributed by atoms with E-state index < -0.39 is 0 Å². The topological polar surface area (TPSA) is 52.2 Å². The Morgan fingerprint density at radius 1 is 1.40 bits per heavy atom. The summed E-state index contributed by atoms with van der Waals surface area (Å²) in [5, 5.41) is 16.0. The number of carbonyl (C=O) groups is 1. The van der Waals surface area contributed by atoms with Crippen molar-refractivity contribution in [3.63, 3.8) is 0 Å². The van der Waals surface area contributed by atoms with Crippen LogP contribution in [0, 0.1) is 5.92 Å². The highest BCUT2D eigenvalue weighted by molar-refractivity contribution is 5.73. The van der Waals surface area contributed by atoms with Gasteiger partial charge in [-0.25, -0.2) is 0 Å². The van der Waals surface area contributed by atoms with Crippen molar-refractivity contribution in [1.82, 2.24) is 10.4 Å². The Labute approximate surface area is 91.6 Å². The molecule has 3 unspecified atom stereocenters. The van der Waals surface area contributed by atoms with Crippen LogP contribution >= 0.6 is 0 Å².